The highest BCUT2D eigenvalue weighted by atomic mass is 32.1. The summed E-state index contributed by atoms with van der Waals surface area (Å²) in [5.74, 6) is -1.34. The summed E-state index contributed by atoms with van der Waals surface area (Å²) in [5, 5.41) is 0.453. The summed E-state index contributed by atoms with van der Waals surface area (Å²) in [5.41, 5.74) is 0.357. The molecule has 3 rings (SSSR count). The van der Waals surface area contributed by atoms with Crippen LogP contribution >= 0.6 is 11.3 Å². The summed E-state index contributed by atoms with van der Waals surface area (Å²) in [6.07, 6.45) is 4.68. The molecule has 110 valence electrons. The molecule has 0 saturated carbocycles. The van der Waals surface area contributed by atoms with Gasteiger partial charge in [0, 0.05) is 24.7 Å². The number of carbonyl (C=O) groups is 1. The summed E-state index contributed by atoms with van der Waals surface area (Å²) in [6, 6.07) is 3.25. The van der Waals surface area contributed by atoms with Crippen molar-refractivity contribution in [1.82, 2.24) is 9.88 Å². The number of aromatic nitrogens is 1. The van der Waals surface area contributed by atoms with E-state index in [-0.39, 0.29) is 5.91 Å². The number of piperidine rings is 1. The van der Waals surface area contributed by atoms with Gasteiger partial charge in [0.1, 0.15) is 21.5 Å². The van der Waals surface area contributed by atoms with Gasteiger partial charge >= 0.3 is 0 Å². The average molecular weight is 308 g/mol. The predicted molar refractivity (Wildman–Crippen MR) is 77.2 cm³/mol. The Labute approximate surface area is 125 Å². The first-order chi connectivity index (χ1) is 10.1. The number of carbonyl (C=O) groups excluding carboxylic acids is 1. The fraction of sp³-hybridized carbons (Fsp3) is 0.333. The minimum atomic E-state index is -0.649. The molecule has 1 saturated heterocycles. The van der Waals surface area contributed by atoms with Gasteiger partial charge in [-0.25, -0.2) is 13.8 Å². The van der Waals surface area contributed by atoms with E-state index in [1.165, 1.54) is 29.7 Å². The van der Waals surface area contributed by atoms with E-state index < -0.39 is 11.6 Å². The van der Waals surface area contributed by atoms with Gasteiger partial charge in [0.25, 0.3) is 5.91 Å². The predicted octanol–water partition coefficient (Wildman–Crippen LogP) is 3.71. The molecule has 6 heteroatoms. The smallest absolute Gasteiger partial charge is 0.265 e. The number of hydrogen-bond donors (Lipinski definition) is 0. The number of thiazole rings is 1. The molecule has 0 aliphatic carbocycles. The summed E-state index contributed by atoms with van der Waals surface area (Å²) in [7, 11) is 0. The summed E-state index contributed by atoms with van der Waals surface area (Å²) >= 11 is 1.17. The van der Waals surface area contributed by atoms with Crippen LogP contribution in [0.4, 0.5) is 8.78 Å². The van der Waals surface area contributed by atoms with Crippen LogP contribution in [-0.4, -0.2) is 28.9 Å². The fourth-order valence-electron chi connectivity index (χ4n) is 2.44. The van der Waals surface area contributed by atoms with Crippen LogP contribution < -0.4 is 0 Å². The fourth-order valence-corrected chi connectivity index (χ4v) is 3.31. The molecule has 0 bridgehead atoms. The molecule has 2 aromatic rings. The zero-order valence-corrected chi connectivity index (χ0v) is 12.1. The van der Waals surface area contributed by atoms with Gasteiger partial charge in [-0.2, -0.15) is 0 Å². The van der Waals surface area contributed by atoms with Crippen molar-refractivity contribution in [3.63, 3.8) is 0 Å². The highest BCUT2D eigenvalue weighted by Gasteiger charge is 2.20. The van der Waals surface area contributed by atoms with E-state index in [2.05, 4.69) is 4.98 Å². The van der Waals surface area contributed by atoms with Crippen LogP contribution in [0, 0.1) is 11.6 Å². The molecule has 2 heterocycles. The van der Waals surface area contributed by atoms with Gasteiger partial charge in [-0.3, -0.25) is 4.79 Å². The number of halogens is 2. The van der Waals surface area contributed by atoms with E-state index in [0.717, 1.165) is 38.4 Å². The lowest BCUT2D eigenvalue weighted by atomic mass is 10.1. The van der Waals surface area contributed by atoms with Crippen LogP contribution in [0.15, 0.2) is 24.4 Å². The number of benzene rings is 1. The van der Waals surface area contributed by atoms with E-state index in [9.17, 15) is 13.6 Å². The highest BCUT2D eigenvalue weighted by molar-refractivity contribution is 7.16. The van der Waals surface area contributed by atoms with E-state index in [0.29, 0.717) is 15.4 Å². The van der Waals surface area contributed by atoms with E-state index in [4.69, 9.17) is 0 Å². The second-order valence-corrected chi connectivity index (χ2v) is 6.07. The number of nitrogens with zero attached hydrogens (tertiary/aromatic N) is 2. The first-order valence-corrected chi connectivity index (χ1v) is 7.67. The van der Waals surface area contributed by atoms with Crippen LogP contribution in [0.3, 0.4) is 0 Å². The summed E-state index contributed by atoms with van der Waals surface area (Å²) in [4.78, 5) is 18.8. The Kier molecular flexibility index (Phi) is 3.96. The normalized spacial score (nSPS) is 15.2. The molecule has 0 spiro atoms. The van der Waals surface area contributed by atoms with Crippen molar-refractivity contribution in [2.24, 2.45) is 0 Å². The van der Waals surface area contributed by atoms with Gasteiger partial charge in [0.2, 0.25) is 0 Å². The van der Waals surface area contributed by atoms with Gasteiger partial charge in [-0.05, 0) is 31.4 Å². The maximum atomic E-state index is 13.2. The molecular weight excluding hydrogens is 294 g/mol. The molecule has 1 aromatic carbocycles. The molecule has 3 nitrogen and oxygen atoms in total. The van der Waals surface area contributed by atoms with Crippen LogP contribution in [0.2, 0.25) is 0 Å². The molecule has 1 aliphatic rings. The molecule has 0 N–H and O–H groups in total. The third-order valence-electron chi connectivity index (χ3n) is 3.47. The summed E-state index contributed by atoms with van der Waals surface area (Å²) in [6.45, 7) is 1.53. The van der Waals surface area contributed by atoms with Gasteiger partial charge in [-0.15, -0.1) is 11.3 Å². The Hall–Kier alpha value is -1.82. The largest absolute Gasteiger partial charge is 0.338 e. The lowest BCUT2D eigenvalue weighted by Crippen LogP contribution is -2.35. The lowest BCUT2D eigenvalue weighted by molar-refractivity contribution is 0.0729. The molecule has 1 amide bonds. The molecular formula is C15H14F2N2OS. The van der Waals surface area contributed by atoms with Crippen LogP contribution in [-0.2, 0) is 0 Å². The van der Waals surface area contributed by atoms with Crippen molar-refractivity contribution in [3.05, 3.63) is 40.9 Å². The lowest BCUT2D eigenvalue weighted by Gasteiger charge is -2.25. The highest BCUT2D eigenvalue weighted by Crippen LogP contribution is 2.27. The minimum absolute atomic E-state index is 0.0460. The van der Waals surface area contributed by atoms with E-state index in [1.807, 2.05) is 4.90 Å². The van der Waals surface area contributed by atoms with Gasteiger partial charge in [-0.1, -0.05) is 0 Å². The molecule has 1 fully saturated rings. The Morgan fingerprint density at radius 2 is 1.76 bits per heavy atom. The minimum Gasteiger partial charge on any atom is -0.338 e. The molecule has 21 heavy (non-hydrogen) atoms. The van der Waals surface area contributed by atoms with Crippen LogP contribution in [0.1, 0.15) is 28.9 Å². The molecule has 1 aliphatic heterocycles. The molecule has 1 aromatic heterocycles. The van der Waals surface area contributed by atoms with Gasteiger partial charge in [0.05, 0.1) is 6.20 Å². The maximum Gasteiger partial charge on any atom is 0.265 e. The van der Waals surface area contributed by atoms with Crippen molar-refractivity contribution in [3.8, 4) is 10.6 Å². The first kappa shape index (κ1) is 14.1. The Morgan fingerprint density at radius 3 is 2.43 bits per heavy atom. The zero-order chi connectivity index (χ0) is 14.8. The van der Waals surface area contributed by atoms with Crippen LogP contribution in [0.5, 0.6) is 0 Å². The standard InChI is InChI=1S/C15H14F2N2OS/c16-11-6-10(7-12(17)8-11)14-18-9-13(21-14)15(20)19-4-2-1-3-5-19/h6-9H,1-5H2. The van der Waals surface area contributed by atoms with E-state index in [1.54, 1.807) is 0 Å². The number of amides is 1. The topological polar surface area (TPSA) is 33.2 Å². The maximum absolute atomic E-state index is 13.2. The first-order valence-electron chi connectivity index (χ1n) is 6.85. The van der Waals surface area contributed by atoms with Crippen molar-refractivity contribution >= 4 is 17.2 Å². The Morgan fingerprint density at radius 1 is 1.10 bits per heavy atom. The van der Waals surface area contributed by atoms with Gasteiger partial charge < -0.3 is 4.90 Å². The monoisotopic (exact) mass is 308 g/mol. The number of hydrogen-bond acceptors (Lipinski definition) is 3. The Balaban J connectivity index is 1.84. The number of rotatable bonds is 2. The van der Waals surface area contributed by atoms with Gasteiger partial charge in [0.15, 0.2) is 0 Å². The van der Waals surface area contributed by atoms with Crippen molar-refractivity contribution in [1.29, 1.82) is 0 Å². The number of likely N-dealkylation sites (tertiary alicyclic amines) is 1. The second kappa shape index (κ2) is 5.89. The quantitative estimate of drug-likeness (QED) is 0.847. The SMILES string of the molecule is O=C(c1cnc(-c2cc(F)cc(F)c2)s1)N1CCCCC1. The molecule has 0 radical (unpaired) electrons. The Bertz CT molecular complexity index is 645. The second-order valence-electron chi connectivity index (χ2n) is 5.04. The average Bonchev–Trinajstić information content (AvgIpc) is 2.96. The van der Waals surface area contributed by atoms with Crippen molar-refractivity contribution in [2.75, 3.05) is 13.1 Å². The van der Waals surface area contributed by atoms with Crippen molar-refractivity contribution in [2.45, 2.75) is 19.3 Å². The zero-order valence-electron chi connectivity index (χ0n) is 11.3. The molecule has 0 atom stereocenters. The van der Waals surface area contributed by atoms with Crippen LogP contribution in [0.25, 0.3) is 10.6 Å². The summed E-state index contributed by atoms with van der Waals surface area (Å²) < 4.78 is 26.5. The van der Waals surface area contributed by atoms with Crippen molar-refractivity contribution < 1.29 is 13.6 Å². The molecule has 0 unspecified atom stereocenters. The third-order valence-corrected chi connectivity index (χ3v) is 4.50. The van der Waals surface area contributed by atoms with E-state index >= 15 is 0 Å². The third kappa shape index (κ3) is 3.10.